The van der Waals surface area contributed by atoms with E-state index in [0.717, 1.165) is 32.1 Å². The van der Waals surface area contributed by atoms with Gasteiger partial charge in [0.1, 0.15) is 12.9 Å². The first-order chi connectivity index (χ1) is 17.3. The van der Waals surface area contributed by atoms with Gasteiger partial charge in [0.15, 0.2) is 6.10 Å². The number of ether oxygens (including phenoxy) is 2. The Morgan fingerprint density at radius 2 is 1.31 bits per heavy atom. The van der Waals surface area contributed by atoms with E-state index in [-0.39, 0.29) is 25.9 Å². The maximum absolute atomic E-state index is 12.0. The number of phosphoric ester groups is 1. The summed E-state index contributed by atoms with van der Waals surface area (Å²) in [5.41, 5.74) is 0. The minimum Gasteiger partial charge on any atom is -0.462 e. The topological polar surface area (TPSA) is 136 Å². The summed E-state index contributed by atoms with van der Waals surface area (Å²) in [6, 6.07) is 0. The van der Waals surface area contributed by atoms with E-state index in [1.165, 1.54) is 44.9 Å². The molecule has 0 bridgehead atoms. The van der Waals surface area contributed by atoms with Crippen molar-refractivity contribution in [1.82, 2.24) is 0 Å². The zero-order chi connectivity index (χ0) is 26.9. The third kappa shape index (κ3) is 25.5. The Morgan fingerprint density at radius 1 is 0.750 bits per heavy atom. The van der Waals surface area contributed by atoms with Gasteiger partial charge in [0.25, 0.3) is 0 Å². The van der Waals surface area contributed by atoms with Crippen molar-refractivity contribution in [1.29, 1.82) is 0 Å². The molecule has 10 heteroatoms. The maximum Gasteiger partial charge on any atom is 0.469 e. The molecular weight excluding hydrogens is 487 g/mol. The minimum absolute atomic E-state index is 0.0337. The second kappa shape index (κ2) is 23.8. The lowest BCUT2D eigenvalue weighted by Gasteiger charge is -2.18. The van der Waals surface area contributed by atoms with Crippen LogP contribution in [-0.4, -0.2) is 47.3 Å². The predicted octanol–water partition coefficient (Wildman–Crippen LogP) is 5.96. The molecule has 0 unspecified atom stereocenters. The highest BCUT2D eigenvalue weighted by Crippen LogP contribution is 2.35. The third-order valence-corrected chi connectivity index (χ3v) is 5.99. The highest BCUT2D eigenvalue weighted by atomic mass is 31.2. The second-order valence-electron chi connectivity index (χ2n) is 8.97. The number of phosphoric acid groups is 1. The van der Waals surface area contributed by atoms with Crippen molar-refractivity contribution in [2.45, 2.75) is 122 Å². The van der Waals surface area contributed by atoms with Crippen LogP contribution < -0.4 is 0 Å². The van der Waals surface area contributed by atoms with Crippen LogP contribution in [-0.2, 0) is 32.9 Å². The summed E-state index contributed by atoms with van der Waals surface area (Å²) < 4.78 is 25.5. The fourth-order valence-corrected chi connectivity index (χ4v) is 3.83. The van der Waals surface area contributed by atoms with E-state index < -0.39 is 32.5 Å². The first-order valence-electron chi connectivity index (χ1n) is 13.4. The lowest BCUT2D eigenvalue weighted by molar-refractivity contribution is -0.161. The molecule has 0 radical (unpaired) electrons. The molecule has 0 aliphatic carbocycles. The minimum atomic E-state index is -4.77. The van der Waals surface area contributed by atoms with Crippen molar-refractivity contribution in [3.8, 4) is 0 Å². The predicted molar refractivity (Wildman–Crippen MR) is 138 cm³/mol. The van der Waals surface area contributed by atoms with Gasteiger partial charge in [-0.15, -0.1) is 0 Å². The number of hydrogen-bond acceptors (Lipinski definition) is 7. The van der Waals surface area contributed by atoms with E-state index in [2.05, 4.69) is 23.6 Å². The Balaban J connectivity index is 3.90. The van der Waals surface area contributed by atoms with E-state index >= 15 is 0 Å². The number of carbonyl (C=O) groups is 3. The van der Waals surface area contributed by atoms with Crippen LogP contribution in [0.25, 0.3) is 0 Å². The van der Waals surface area contributed by atoms with Crippen LogP contribution in [0.1, 0.15) is 116 Å². The van der Waals surface area contributed by atoms with E-state index in [0.29, 0.717) is 19.1 Å². The summed E-state index contributed by atoms with van der Waals surface area (Å²) in [4.78, 5) is 51.8. The average Bonchev–Trinajstić information content (AvgIpc) is 2.83. The van der Waals surface area contributed by atoms with Crippen LogP contribution >= 0.6 is 7.82 Å². The molecule has 0 amide bonds. The summed E-state index contributed by atoms with van der Waals surface area (Å²) in [5, 5.41) is 0. The number of rotatable bonds is 25. The molecule has 0 aliphatic heterocycles. The Morgan fingerprint density at radius 3 is 1.89 bits per heavy atom. The normalized spacial score (nSPS) is 12.5. The van der Waals surface area contributed by atoms with Gasteiger partial charge in [-0.2, -0.15) is 0 Å². The van der Waals surface area contributed by atoms with Crippen LogP contribution in [0.4, 0.5) is 0 Å². The Hall–Kier alpha value is -1.54. The molecule has 0 spiro atoms. The molecule has 0 fully saturated rings. The third-order valence-electron chi connectivity index (χ3n) is 5.50. The highest BCUT2D eigenvalue weighted by molar-refractivity contribution is 7.46. The summed E-state index contributed by atoms with van der Waals surface area (Å²) >= 11 is 0. The molecule has 36 heavy (non-hydrogen) atoms. The zero-order valence-electron chi connectivity index (χ0n) is 21.9. The van der Waals surface area contributed by atoms with Gasteiger partial charge in [0.2, 0.25) is 0 Å². The SMILES string of the molecule is CCCCCCCC/C=C\CCCCCCCC(=O)OC[C@H](COP(=O)(O)O)OC(=O)CCCC=O. The number of allylic oxidation sites excluding steroid dienone is 2. The molecular formula is C26H47O9P. The van der Waals surface area contributed by atoms with E-state index in [1.54, 1.807) is 0 Å². The van der Waals surface area contributed by atoms with Gasteiger partial charge in [-0.3, -0.25) is 14.1 Å². The molecule has 0 aromatic heterocycles. The van der Waals surface area contributed by atoms with Crippen LogP contribution in [0.3, 0.4) is 0 Å². The molecule has 0 aromatic rings. The van der Waals surface area contributed by atoms with Gasteiger partial charge in [-0.1, -0.05) is 70.4 Å². The van der Waals surface area contributed by atoms with Crippen molar-refractivity contribution in [3.05, 3.63) is 12.2 Å². The summed E-state index contributed by atoms with van der Waals surface area (Å²) in [7, 11) is -4.77. The monoisotopic (exact) mass is 534 g/mol. The lowest BCUT2D eigenvalue weighted by atomic mass is 10.1. The molecule has 0 heterocycles. The van der Waals surface area contributed by atoms with Crippen molar-refractivity contribution in [2.75, 3.05) is 13.2 Å². The summed E-state index contributed by atoms with van der Waals surface area (Å²) in [6.07, 6.45) is 19.8. The number of unbranched alkanes of at least 4 members (excludes halogenated alkanes) is 12. The maximum atomic E-state index is 12.0. The average molecular weight is 535 g/mol. The van der Waals surface area contributed by atoms with Crippen molar-refractivity contribution < 1.29 is 42.7 Å². The first-order valence-corrected chi connectivity index (χ1v) is 14.9. The number of aldehydes is 1. The quantitative estimate of drug-likeness (QED) is 0.0478. The fraction of sp³-hybridized carbons (Fsp3) is 0.808. The Kier molecular flexibility index (Phi) is 22.8. The van der Waals surface area contributed by atoms with E-state index in [9.17, 15) is 18.9 Å². The fourth-order valence-electron chi connectivity index (χ4n) is 3.47. The molecule has 1 atom stereocenters. The molecule has 0 rings (SSSR count). The Bertz CT molecular complexity index is 645. The number of hydrogen-bond donors (Lipinski definition) is 2. The molecule has 2 N–H and O–H groups in total. The van der Waals surface area contributed by atoms with E-state index in [1.807, 2.05) is 0 Å². The first kappa shape index (κ1) is 34.5. The van der Waals surface area contributed by atoms with Gasteiger partial charge in [-0.25, -0.2) is 4.57 Å². The van der Waals surface area contributed by atoms with Crippen LogP contribution in [0.15, 0.2) is 12.2 Å². The largest absolute Gasteiger partial charge is 0.469 e. The highest BCUT2D eigenvalue weighted by Gasteiger charge is 2.22. The van der Waals surface area contributed by atoms with Gasteiger partial charge >= 0.3 is 19.8 Å². The summed E-state index contributed by atoms with van der Waals surface area (Å²) in [5.74, 6) is -1.13. The number of esters is 2. The molecule has 0 aliphatic rings. The van der Waals surface area contributed by atoms with Crippen LogP contribution in [0.2, 0.25) is 0 Å². The molecule has 0 saturated carbocycles. The summed E-state index contributed by atoms with van der Waals surface area (Å²) in [6.45, 7) is 1.27. The van der Waals surface area contributed by atoms with Gasteiger partial charge in [-0.05, 0) is 38.5 Å². The van der Waals surface area contributed by atoms with Crippen molar-refractivity contribution in [3.63, 3.8) is 0 Å². The van der Waals surface area contributed by atoms with Gasteiger partial charge in [0, 0.05) is 19.3 Å². The smallest absolute Gasteiger partial charge is 0.462 e. The molecule has 0 saturated heterocycles. The molecule has 9 nitrogen and oxygen atoms in total. The second-order valence-corrected chi connectivity index (χ2v) is 10.2. The lowest BCUT2D eigenvalue weighted by Crippen LogP contribution is -2.29. The van der Waals surface area contributed by atoms with Gasteiger partial charge < -0.3 is 24.1 Å². The van der Waals surface area contributed by atoms with Crippen LogP contribution in [0, 0.1) is 0 Å². The Labute approximate surface area is 216 Å². The zero-order valence-corrected chi connectivity index (χ0v) is 22.8. The standard InChI is InChI=1S/C26H47O9P/c1-2-3-4-5-6-7-8-9-10-11-12-13-14-15-16-19-25(28)33-22-24(23-34-36(30,31)32)35-26(29)20-17-18-21-27/h9-10,21,24H,2-8,11-20,22-23H2,1H3,(H2,30,31,32)/b10-9-/t24-/m1/s1. The van der Waals surface area contributed by atoms with Crippen molar-refractivity contribution in [2.24, 2.45) is 0 Å². The van der Waals surface area contributed by atoms with Gasteiger partial charge in [0.05, 0.1) is 6.61 Å². The number of carbonyl (C=O) groups excluding carboxylic acids is 3. The molecule has 0 aromatic carbocycles. The van der Waals surface area contributed by atoms with Crippen molar-refractivity contribution >= 4 is 26.0 Å². The van der Waals surface area contributed by atoms with E-state index in [4.69, 9.17) is 19.3 Å². The van der Waals surface area contributed by atoms with Crippen LogP contribution in [0.5, 0.6) is 0 Å². The molecule has 210 valence electrons.